The van der Waals surface area contributed by atoms with Gasteiger partial charge in [0.05, 0.1) is 37.6 Å². The molecular weight excluding hydrogens is 1430 g/mol. The molecule has 3 saturated heterocycles. The number of nitrogen functional groups attached to an aromatic ring is 1. The number of H-pyrrole nitrogens is 4. The Bertz CT molecular complexity index is 4420. The van der Waals surface area contributed by atoms with Gasteiger partial charge in [-0.25, -0.2) is 36.7 Å². The molecule has 0 saturated carbocycles. The van der Waals surface area contributed by atoms with Crippen molar-refractivity contribution in [3.05, 3.63) is 62.5 Å². The highest BCUT2D eigenvalue weighted by atomic mass is 19.4. The average molecular weight is 1500 g/mol. The maximum absolute atomic E-state index is 15.3. The number of alkyl halides is 12. The largest absolute Gasteiger partial charge is 0.454 e. The molecule has 3 fully saturated rings. The van der Waals surface area contributed by atoms with Crippen LogP contribution in [0.2, 0.25) is 0 Å². The lowest BCUT2D eigenvalue weighted by Crippen LogP contribution is -2.37. The molecule has 0 aliphatic carbocycles. The Kier molecular flexibility index (Phi) is 26.7. The number of aryl methyl sites for hydroxylation is 3. The maximum atomic E-state index is 15.3. The third-order valence-electron chi connectivity index (χ3n) is 15.9. The van der Waals surface area contributed by atoms with E-state index in [4.69, 9.17) is 34.2 Å². The molecule has 103 heavy (non-hydrogen) atoms. The zero-order chi connectivity index (χ0) is 77.6. The number of fused-ring (bicyclic) bond motifs is 3. The summed E-state index contributed by atoms with van der Waals surface area (Å²) in [6, 6.07) is 0. The van der Waals surface area contributed by atoms with Crippen LogP contribution in [-0.4, -0.2) is 184 Å². The van der Waals surface area contributed by atoms with E-state index in [1.54, 1.807) is 13.8 Å². The van der Waals surface area contributed by atoms with E-state index in [-0.39, 0.29) is 35.4 Å². The highest BCUT2D eigenvalue weighted by molar-refractivity contribution is 5.88. The van der Waals surface area contributed by atoms with Crippen molar-refractivity contribution in [2.45, 2.75) is 226 Å². The Hall–Kier alpha value is -9.44. The van der Waals surface area contributed by atoms with Gasteiger partial charge in [-0.15, -0.1) is 0 Å². The van der Waals surface area contributed by atoms with Gasteiger partial charge in [0.2, 0.25) is 35.9 Å². The lowest BCUT2D eigenvalue weighted by Gasteiger charge is -2.20. The van der Waals surface area contributed by atoms with E-state index in [0.29, 0.717) is 35.7 Å². The number of nitrogens with two attached hydrogens (primary N) is 1. The first-order valence-corrected chi connectivity index (χ1v) is 31.2. The van der Waals surface area contributed by atoms with Crippen LogP contribution in [0.5, 0.6) is 0 Å². The van der Waals surface area contributed by atoms with E-state index >= 15 is 4.39 Å². The van der Waals surface area contributed by atoms with Crippen LogP contribution in [-0.2, 0) is 72.0 Å². The second kappa shape index (κ2) is 33.3. The third kappa shape index (κ3) is 20.1. The molecular formula is C57H73F12N15O19. The number of ether oxygens (including phenoxy) is 6. The molecule has 0 bridgehead atoms. The number of nitrogens with one attached hydrogen (secondary N) is 6. The maximum Gasteiger partial charge on any atom is 0.390 e. The highest BCUT2D eigenvalue weighted by Gasteiger charge is 2.53. The van der Waals surface area contributed by atoms with Crippen LogP contribution in [0, 0.1) is 11.8 Å². The van der Waals surface area contributed by atoms with Gasteiger partial charge in [0.25, 0.3) is 16.7 Å². The van der Waals surface area contributed by atoms with Crippen molar-refractivity contribution < 1.29 is 115 Å². The number of hydrogen-bond acceptors (Lipinski definition) is 23. The number of halogens is 12. The highest BCUT2D eigenvalue weighted by Crippen LogP contribution is 2.40. The monoisotopic (exact) mass is 1500 g/mol. The number of esters is 3. The number of carbonyl (C=O) groups excluding carboxylic acids is 5. The van der Waals surface area contributed by atoms with Crippen molar-refractivity contribution in [1.82, 2.24) is 57.7 Å². The first-order chi connectivity index (χ1) is 47.7. The van der Waals surface area contributed by atoms with Crippen LogP contribution in [0.4, 0.5) is 70.5 Å². The van der Waals surface area contributed by atoms with Crippen molar-refractivity contribution in [1.29, 1.82) is 0 Å². The minimum Gasteiger partial charge on any atom is -0.454 e. The van der Waals surface area contributed by atoms with E-state index in [0.717, 1.165) is 13.8 Å². The second-order valence-electron chi connectivity index (χ2n) is 23.7. The van der Waals surface area contributed by atoms with Crippen LogP contribution in [0.3, 0.4) is 0 Å². The molecule has 0 aromatic carbocycles. The van der Waals surface area contributed by atoms with Gasteiger partial charge < -0.3 is 44.4 Å². The summed E-state index contributed by atoms with van der Waals surface area (Å²) in [4.78, 5) is 151. The average Bonchev–Trinajstić information content (AvgIpc) is 1.58. The van der Waals surface area contributed by atoms with Crippen molar-refractivity contribution in [2.75, 3.05) is 16.4 Å². The molecule has 3 aliphatic heterocycles. The molecule has 0 spiro atoms. The van der Waals surface area contributed by atoms with E-state index in [2.05, 4.69) is 45.5 Å². The molecule has 9 rings (SSSR count). The number of rotatable bonds is 19. The smallest absolute Gasteiger partial charge is 0.390 e. The molecule has 574 valence electrons. The molecule has 3 aliphatic rings. The number of aromatic nitrogens is 12. The van der Waals surface area contributed by atoms with Crippen molar-refractivity contribution in [2.24, 2.45) is 11.8 Å². The summed E-state index contributed by atoms with van der Waals surface area (Å²) < 4.78 is 192. The van der Waals surface area contributed by atoms with Crippen LogP contribution in [0.1, 0.15) is 120 Å². The van der Waals surface area contributed by atoms with E-state index < -0.39 is 235 Å². The second-order valence-corrected chi connectivity index (χ2v) is 23.7. The third-order valence-corrected chi connectivity index (χ3v) is 15.9. The Labute approximate surface area is 569 Å². The predicted octanol–water partition coefficient (Wildman–Crippen LogP) is 3.71. The molecule has 1 unspecified atom stereocenters. The summed E-state index contributed by atoms with van der Waals surface area (Å²) in [5, 5.41) is 24.5. The lowest BCUT2D eigenvalue weighted by molar-refractivity contribution is -0.196. The van der Waals surface area contributed by atoms with E-state index in [1.165, 1.54) is 27.7 Å². The number of carbonyl (C=O) groups is 5. The van der Waals surface area contributed by atoms with Gasteiger partial charge >= 0.3 is 53.5 Å². The minimum atomic E-state index is -4.65. The van der Waals surface area contributed by atoms with Crippen LogP contribution in [0.15, 0.2) is 28.8 Å². The van der Waals surface area contributed by atoms with Gasteiger partial charge in [0, 0.05) is 54.3 Å². The van der Waals surface area contributed by atoms with Gasteiger partial charge in [-0.2, -0.15) is 54.5 Å². The van der Waals surface area contributed by atoms with Gasteiger partial charge in [0.15, 0.2) is 76.7 Å². The topological polar surface area (TPSA) is 460 Å². The molecule has 6 aromatic heterocycles. The number of aromatic amines is 4. The molecule has 0 radical (unpaired) electrons. The summed E-state index contributed by atoms with van der Waals surface area (Å²) >= 11 is 0. The molecule has 15 atom stereocenters. The van der Waals surface area contributed by atoms with Gasteiger partial charge in [-0.1, -0.05) is 47.5 Å². The predicted molar refractivity (Wildman–Crippen MR) is 330 cm³/mol. The number of aliphatic hydroxyl groups excluding tert-OH is 2. The number of imidazole rings is 3. The van der Waals surface area contributed by atoms with E-state index in [9.17, 15) is 111 Å². The van der Waals surface area contributed by atoms with Crippen LogP contribution in [0.25, 0.3) is 33.5 Å². The van der Waals surface area contributed by atoms with Gasteiger partial charge in [0.1, 0.15) is 12.2 Å². The number of aliphatic hydroxyl groups is 2. The Morgan fingerprint density at radius 3 is 1.41 bits per heavy atom. The zero-order valence-electron chi connectivity index (χ0n) is 56.0. The molecule has 46 heteroatoms. The Balaban J connectivity index is 0.000000223. The van der Waals surface area contributed by atoms with Gasteiger partial charge in [-0.3, -0.25) is 82.6 Å². The first-order valence-electron chi connectivity index (χ1n) is 31.2. The van der Waals surface area contributed by atoms with Crippen molar-refractivity contribution >= 4 is 81.1 Å². The molecule has 9 heterocycles. The summed E-state index contributed by atoms with van der Waals surface area (Å²) in [7, 11) is 0. The fraction of sp³-hybridized carbons (Fsp3) is 0.649. The fourth-order valence-corrected chi connectivity index (χ4v) is 10.9. The summed E-state index contributed by atoms with van der Waals surface area (Å²) in [6.07, 6.45) is -36.0. The lowest BCUT2D eigenvalue weighted by atomic mass is 9.97. The molecule has 6 aromatic rings. The first kappa shape index (κ1) is 82.5. The summed E-state index contributed by atoms with van der Waals surface area (Å²) in [5.41, 5.74) is -3.09. The fourth-order valence-electron chi connectivity index (χ4n) is 10.9. The number of amides is 2. The van der Waals surface area contributed by atoms with Crippen molar-refractivity contribution in [3.8, 4) is 0 Å². The number of anilines is 3. The minimum absolute atomic E-state index is 0.0568. The SMILES string of the molecule is CC(=O)Nc1nc2[nH]c(=O)n(CCC(F)(F)F)c2c(=O)[nH]1.CC[C@H](C)[C@H]1OC(OC(C)=O)[C@H](OC(C)=O)[C@H]1F.CC[C@H](C)[C@H]1O[C@@H](n2c(=O)n(CCC(F)(F)F)c3c(=O)[nH]c(NC(C)=O)nc32)[C@H](OC(C)=O)[C@H]1F.CC[C@H](O)[C@H]1O[C@@H](n2c(=O)n(CCC(F)(F)F)c3c(=O)[nH]c(N)nc32)[C@H](O)[C@H]1F. The number of hydrogen-bond donors (Lipinski definition) is 9. The number of nitrogens with zero attached hydrogens (tertiary/aromatic N) is 8. The summed E-state index contributed by atoms with van der Waals surface area (Å²) in [6.45, 7) is 11.9. The molecule has 10 N–H and O–H groups in total. The summed E-state index contributed by atoms with van der Waals surface area (Å²) in [5.74, 6) is -4.73. The van der Waals surface area contributed by atoms with Crippen molar-refractivity contribution in [3.63, 3.8) is 0 Å². The van der Waals surface area contributed by atoms with Crippen LogP contribution < -0.4 is 50.1 Å². The van der Waals surface area contributed by atoms with E-state index in [1.807, 2.05) is 13.8 Å². The molecule has 2 amide bonds. The van der Waals surface area contributed by atoms with Gasteiger partial charge in [-0.05, 0) is 18.3 Å². The zero-order valence-corrected chi connectivity index (χ0v) is 56.0. The standard InChI is InChI=1S/C20H25F4N5O6.C15H19F4N5O5.C12H19FO5.C10H10F3N5O3/c1-5-8(2)13-11(21)14(34-10(4)31)17(35-13)29-15-12(16(32)27-18(26-15)25-9(3)30)28(19(29)33)7-6-20(22,23)24;1-2-5(25)9-6(16)8(26)12(29-9)24-10-7(11(27)22-13(20)21-10)23(14(24)28)4-3-15(17,18)19;1-5-6(2)10-9(13)11(16-7(3)14)12(18-10)17-8(4)15;1-4(19)14-8-15-6-5(7(20)17-8)18(9(21)16-6)3-2-10(11,12)13/h8,11,13-14,17H,5-7H2,1-4H3,(H2,25,26,27,30,32);5-6,8-9,12,25-26H,2-4H2,1H3,(H3,20,21,22,27);6,9-12H,5H2,1-4H3;2-3H2,1H3,(H3,14,15,16,17,19,20,21)/t8-,11-,13+,14+,17+;5-,6+,8+,9+,12+;6-,9-,10+,11+,12?;/m000./s1. The Morgan fingerprint density at radius 1 is 0.544 bits per heavy atom. The quantitative estimate of drug-likeness (QED) is 0.0317. The Morgan fingerprint density at radius 2 is 0.951 bits per heavy atom. The molecule has 34 nitrogen and oxygen atoms in total. The van der Waals surface area contributed by atoms with Crippen LogP contribution >= 0.6 is 0 Å². The normalized spacial score (nSPS) is 23.5.